The quantitative estimate of drug-likeness (QED) is 0.0912. The number of carbonyl (C=O) groups excluding carboxylic acids is 6. The Kier molecular flexibility index (Phi) is 14.5. The van der Waals surface area contributed by atoms with Gasteiger partial charge in [0.2, 0.25) is 17.7 Å². The first kappa shape index (κ1) is 52.0. The van der Waals surface area contributed by atoms with E-state index in [9.17, 15) is 38.7 Å². The molecule has 402 valence electrons. The zero-order valence-corrected chi connectivity index (χ0v) is 44.1. The molecule has 5 aliphatic rings. The van der Waals surface area contributed by atoms with Crippen LogP contribution in [0.4, 0.5) is 21.0 Å². The second kappa shape index (κ2) is 21.7. The van der Waals surface area contributed by atoms with E-state index in [0.29, 0.717) is 85.0 Å². The molecule has 3 N–H and O–H groups in total. The number of piperazine rings is 1. The first-order valence-corrected chi connectivity index (χ1v) is 27.3. The fourth-order valence-electron chi connectivity index (χ4n) is 11.5. The number of nitrogens with zero attached hydrogens (tertiary/aromatic N) is 7. The van der Waals surface area contributed by atoms with Gasteiger partial charge in [-0.1, -0.05) is 47.7 Å². The number of aromatic carboxylic acids is 1. The SMILES string of the molecule is Cc1c(OC(C)CCC2CCN(CC(=O)N3CCN(c4cc5c(cc4F)C(=O)N(C4CCC(=O)NC4=O)C5=O)CC3)CC2)cccc1-c1ccc(N2CCc3cccc(C(=O)Nc4nc5ccccc5s4)c3C2)nc1C(=O)O. The molecule has 20 heteroatoms. The van der Waals surface area contributed by atoms with Gasteiger partial charge >= 0.3 is 5.97 Å². The second-order valence-electron chi connectivity index (χ2n) is 20.7. The minimum absolute atomic E-state index is 0.00288. The number of hydrogen-bond acceptors (Lipinski definition) is 14. The summed E-state index contributed by atoms with van der Waals surface area (Å²) in [6, 6.07) is 24.0. The van der Waals surface area contributed by atoms with Gasteiger partial charge in [-0.3, -0.25) is 49.2 Å². The van der Waals surface area contributed by atoms with Crippen LogP contribution in [0.25, 0.3) is 21.3 Å². The van der Waals surface area contributed by atoms with E-state index in [2.05, 4.69) is 20.5 Å². The summed E-state index contributed by atoms with van der Waals surface area (Å²) in [6.45, 7) is 8.17. The standard InChI is InChI=1S/C58H58FN9O9S/c1-33(13-14-35-19-22-64(23-20-35)32-51(70)66-27-25-65(26-28-66)46-30-41-40(29-43(46)59)55(73)68(56(41)74)45-16-18-50(69)62-54(45)72)77-47-11-6-8-37(34(47)2)38-15-17-49(61-52(38)57(75)76)67-24-21-36-7-5-9-39(42(36)31-67)53(71)63-58-60-44-10-3-4-12-48(44)78-58/h3-12,15,17,29-30,33,35,45H,13-14,16,18-28,31-32H2,1-2H3,(H,75,76)(H,60,63,71)(H,62,69,72). The number of amides is 6. The summed E-state index contributed by atoms with van der Waals surface area (Å²) in [5, 5.41) is 16.2. The number of carboxylic acids is 1. The van der Waals surface area contributed by atoms with Crippen LogP contribution in [-0.2, 0) is 27.3 Å². The maximum atomic E-state index is 15.5. The number of anilines is 3. The van der Waals surface area contributed by atoms with Gasteiger partial charge < -0.3 is 24.5 Å². The predicted molar refractivity (Wildman–Crippen MR) is 290 cm³/mol. The van der Waals surface area contributed by atoms with E-state index in [1.165, 1.54) is 17.4 Å². The van der Waals surface area contributed by atoms with Crippen LogP contribution in [0.1, 0.15) is 104 Å². The highest BCUT2D eigenvalue weighted by molar-refractivity contribution is 7.22. The van der Waals surface area contributed by atoms with Crippen LogP contribution < -0.4 is 25.2 Å². The van der Waals surface area contributed by atoms with Gasteiger partial charge in [0.25, 0.3) is 17.7 Å². The van der Waals surface area contributed by atoms with Crippen molar-refractivity contribution in [1.82, 2.24) is 30.0 Å². The highest BCUT2D eigenvalue weighted by atomic mass is 32.1. The van der Waals surface area contributed by atoms with Crippen LogP contribution in [0.2, 0.25) is 0 Å². The first-order valence-electron chi connectivity index (χ1n) is 26.5. The molecule has 4 aromatic carbocycles. The molecule has 7 heterocycles. The largest absolute Gasteiger partial charge is 0.490 e. The van der Waals surface area contributed by atoms with E-state index in [-0.39, 0.29) is 59.8 Å². The monoisotopic (exact) mass is 1080 g/mol. The number of likely N-dealkylation sites (tertiary alicyclic amines) is 1. The molecule has 5 aliphatic heterocycles. The van der Waals surface area contributed by atoms with Crippen LogP contribution in [0.5, 0.6) is 5.75 Å². The number of nitrogens with one attached hydrogen (secondary N) is 2. The maximum Gasteiger partial charge on any atom is 0.355 e. The number of thiazole rings is 1. The third-order valence-corrected chi connectivity index (χ3v) is 16.8. The lowest BCUT2D eigenvalue weighted by Gasteiger charge is -2.38. The van der Waals surface area contributed by atoms with Gasteiger partial charge in [0, 0.05) is 56.8 Å². The minimum atomic E-state index is -1.15. The molecule has 6 aromatic rings. The van der Waals surface area contributed by atoms with E-state index in [1.807, 2.05) is 79.4 Å². The van der Waals surface area contributed by atoms with E-state index in [1.54, 1.807) is 21.9 Å². The molecule has 0 saturated carbocycles. The third-order valence-electron chi connectivity index (χ3n) is 15.9. The Morgan fingerprint density at radius 2 is 1.58 bits per heavy atom. The van der Waals surface area contributed by atoms with E-state index < -0.39 is 41.5 Å². The fourth-order valence-corrected chi connectivity index (χ4v) is 12.4. The van der Waals surface area contributed by atoms with Crippen LogP contribution in [-0.4, -0.2) is 136 Å². The number of carboxylic acid groups (broad SMARTS) is 1. The molecule has 3 saturated heterocycles. The van der Waals surface area contributed by atoms with Crippen molar-refractivity contribution >= 4 is 79.6 Å². The van der Waals surface area contributed by atoms with E-state index >= 15 is 4.39 Å². The zero-order chi connectivity index (χ0) is 54.4. The van der Waals surface area contributed by atoms with Gasteiger partial charge in [0.05, 0.1) is 39.7 Å². The second-order valence-corrected chi connectivity index (χ2v) is 21.8. The van der Waals surface area contributed by atoms with E-state index in [4.69, 9.17) is 9.72 Å². The molecular formula is C58H58FN9O9S. The molecule has 78 heavy (non-hydrogen) atoms. The smallest absolute Gasteiger partial charge is 0.355 e. The van der Waals surface area contributed by atoms with Crippen molar-refractivity contribution in [3.63, 3.8) is 0 Å². The maximum absolute atomic E-state index is 15.5. The molecule has 0 radical (unpaired) electrons. The molecule has 0 aliphatic carbocycles. The summed E-state index contributed by atoms with van der Waals surface area (Å²) in [4.78, 5) is 109. The molecular weight excluding hydrogens is 1020 g/mol. The number of carbonyl (C=O) groups is 7. The van der Waals surface area contributed by atoms with Crippen molar-refractivity contribution in [2.45, 2.75) is 77.5 Å². The van der Waals surface area contributed by atoms with Crippen LogP contribution in [0.3, 0.4) is 0 Å². The molecule has 11 rings (SSSR count). The number of benzene rings is 4. The van der Waals surface area contributed by atoms with Gasteiger partial charge in [-0.15, -0.1) is 0 Å². The summed E-state index contributed by atoms with van der Waals surface area (Å²) < 4.78 is 23.0. The van der Waals surface area contributed by atoms with Gasteiger partial charge in [-0.2, -0.15) is 0 Å². The number of halogens is 1. The molecule has 2 aromatic heterocycles. The van der Waals surface area contributed by atoms with E-state index in [0.717, 1.165) is 76.6 Å². The third kappa shape index (κ3) is 10.4. The minimum Gasteiger partial charge on any atom is -0.490 e. The van der Waals surface area contributed by atoms with Crippen molar-refractivity contribution in [3.05, 3.63) is 130 Å². The number of pyridine rings is 1. The molecule has 3 fully saturated rings. The van der Waals surface area contributed by atoms with Crippen LogP contribution in [0.15, 0.2) is 84.9 Å². The highest BCUT2D eigenvalue weighted by Gasteiger charge is 2.45. The van der Waals surface area contributed by atoms with Gasteiger partial charge in [0.1, 0.15) is 23.4 Å². The molecule has 0 spiro atoms. The summed E-state index contributed by atoms with van der Waals surface area (Å²) in [7, 11) is 0. The Morgan fingerprint density at radius 3 is 2.33 bits per heavy atom. The number of piperidine rings is 2. The Labute approximate surface area is 453 Å². The van der Waals surface area contributed by atoms with Gasteiger partial charge in [-0.25, -0.2) is 19.2 Å². The molecule has 2 atom stereocenters. The highest BCUT2D eigenvalue weighted by Crippen LogP contribution is 2.37. The number of fused-ring (bicyclic) bond motifs is 3. The van der Waals surface area contributed by atoms with Crippen molar-refractivity contribution in [2.75, 3.05) is 67.5 Å². The summed E-state index contributed by atoms with van der Waals surface area (Å²) in [6.07, 6.45) is 4.16. The molecule has 0 bridgehead atoms. The van der Waals surface area contributed by atoms with Crippen molar-refractivity contribution in [2.24, 2.45) is 5.92 Å². The van der Waals surface area contributed by atoms with Crippen LogP contribution >= 0.6 is 11.3 Å². The Morgan fingerprint density at radius 1 is 0.821 bits per heavy atom. The first-order chi connectivity index (χ1) is 37.7. The summed E-state index contributed by atoms with van der Waals surface area (Å²) in [5.41, 5.74) is 5.24. The van der Waals surface area contributed by atoms with Crippen molar-refractivity contribution in [3.8, 4) is 16.9 Å². The topological polar surface area (TPSA) is 215 Å². The Hall–Kier alpha value is -8.10. The average Bonchev–Trinajstić information content (AvgIpc) is 4.17. The lowest BCUT2D eigenvalue weighted by molar-refractivity contribution is -0.136. The van der Waals surface area contributed by atoms with Crippen molar-refractivity contribution in [1.29, 1.82) is 0 Å². The summed E-state index contributed by atoms with van der Waals surface area (Å²) >= 11 is 1.42. The zero-order valence-electron chi connectivity index (χ0n) is 43.3. The number of hydrogen-bond donors (Lipinski definition) is 3. The number of rotatable bonds is 14. The normalized spacial score (nSPS) is 18.5. The number of para-hydroxylation sites is 1. The lowest BCUT2D eigenvalue weighted by atomic mass is 9.91. The molecule has 6 amide bonds. The summed E-state index contributed by atoms with van der Waals surface area (Å²) in [5.74, 6) is -3.14. The van der Waals surface area contributed by atoms with Crippen LogP contribution in [0, 0.1) is 18.7 Å². The van der Waals surface area contributed by atoms with Gasteiger partial charge in [0.15, 0.2) is 10.8 Å². The number of aromatic nitrogens is 2. The Balaban J connectivity index is 0.649. The molecule has 2 unspecified atom stereocenters. The predicted octanol–water partition coefficient (Wildman–Crippen LogP) is 7.33. The average molecular weight is 1080 g/mol. The Bertz CT molecular complexity index is 3390. The number of ether oxygens (including phenoxy) is 1. The van der Waals surface area contributed by atoms with Crippen molar-refractivity contribution < 1.29 is 47.8 Å². The van der Waals surface area contributed by atoms with Gasteiger partial charge in [-0.05, 0) is 142 Å². The fraction of sp³-hybridized carbons (Fsp3) is 0.362. The lowest BCUT2D eigenvalue weighted by Crippen LogP contribution is -2.54. The number of imide groups is 2. The molecule has 18 nitrogen and oxygen atoms in total.